The highest BCUT2D eigenvalue weighted by atomic mass is 19.1. The van der Waals surface area contributed by atoms with Gasteiger partial charge >= 0.3 is 6.03 Å². The zero-order valence-electron chi connectivity index (χ0n) is 17.1. The number of urea groups is 1. The molecule has 154 valence electrons. The van der Waals surface area contributed by atoms with E-state index >= 15 is 0 Å². The molecule has 1 unspecified atom stereocenters. The molecule has 6 nitrogen and oxygen atoms in total. The van der Waals surface area contributed by atoms with Gasteiger partial charge in [-0.3, -0.25) is 0 Å². The summed E-state index contributed by atoms with van der Waals surface area (Å²) in [5, 5.41) is 6.49. The number of nitrogens with zero attached hydrogens (tertiary/aromatic N) is 1. The third-order valence-electron chi connectivity index (χ3n) is 4.55. The van der Waals surface area contributed by atoms with Crippen LogP contribution in [0.4, 0.5) is 14.9 Å². The predicted molar refractivity (Wildman–Crippen MR) is 112 cm³/mol. The quantitative estimate of drug-likeness (QED) is 0.610. The molecule has 1 atom stereocenters. The lowest BCUT2D eigenvalue weighted by molar-refractivity contribution is 0.236. The van der Waals surface area contributed by atoms with Crippen molar-refractivity contribution in [2.24, 2.45) is 0 Å². The van der Waals surface area contributed by atoms with E-state index in [1.54, 1.807) is 31.1 Å². The Hall–Kier alpha value is -3.22. The van der Waals surface area contributed by atoms with Gasteiger partial charge in [0.05, 0.1) is 18.3 Å². The fraction of sp³-hybridized carbons (Fsp3) is 0.318. The van der Waals surface area contributed by atoms with E-state index in [0.717, 1.165) is 5.39 Å². The molecule has 0 bridgehead atoms. The largest absolute Gasteiger partial charge is 0.490 e. The number of para-hydroxylation sites is 1. The first kappa shape index (κ1) is 20.5. The molecule has 0 aliphatic rings. The van der Waals surface area contributed by atoms with Crippen LogP contribution in [-0.2, 0) is 6.54 Å². The molecule has 2 aromatic carbocycles. The average Bonchev–Trinajstić information content (AvgIpc) is 3.12. The van der Waals surface area contributed by atoms with Crippen LogP contribution in [0.1, 0.15) is 31.2 Å². The molecule has 0 spiro atoms. The Morgan fingerprint density at radius 3 is 2.72 bits per heavy atom. The molecule has 0 fully saturated rings. The van der Waals surface area contributed by atoms with Gasteiger partial charge in [0, 0.05) is 26.0 Å². The Morgan fingerprint density at radius 2 is 2.03 bits per heavy atom. The van der Waals surface area contributed by atoms with Crippen LogP contribution in [0, 0.1) is 5.82 Å². The standard InChI is InChI=1S/C22H26FN3O3/c1-5-28-19-8-6-7-16-12-20(29-21(16)19)14(2)25-22(27)24-13-15-9-10-18(26(3)4)17(23)11-15/h6-12,14H,5,13H2,1-4H3,(H2,24,25,27). The van der Waals surface area contributed by atoms with E-state index < -0.39 is 0 Å². The second kappa shape index (κ2) is 8.86. The summed E-state index contributed by atoms with van der Waals surface area (Å²) in [7, 11) is 3.56. The zero-order chi connectivity index (χ0) is 21.0. The summed E-state index contributed by atoms with van der Waals surface area (Å²) in [5.41, 5.74) is 1.85. The molecule has 1 aromatic heterocycles. The van der Waals surface area contributed by atoms with Crippen LogP contribution in [-0.4, -0.2) is 26.7 Å². The number of anilines is 1. The SMILES string of the molecule is CCOc1cccc2cc(C(C)NC(=O)NCc3ccc(N(C)C)c(F)c3)oc12. The number of benzene rings is 2. The smallest absolute Gasteiger partial charge is 0.315 e. The van der Waals surface area contributed by atoms with Crippen LogP contribution < -0.4 is 20.3 Å². The van der Waals surface area contributed by atoms with Crippen molar-refractivity contribution < 1.29 is 18.3 Å². The van der Waals surface area contributed by atoms with Crippen molar-refractivity contribution in [3.05, 3.63) is 59.6 Å². The van der Waals surface area contributed by atoms with Crippen LogP contribution in [0.25, 0.3) is 11.0 Å². The Bertz CT molecular complexity index is 1000. The van der Waals surface area contributed by atoms with Gasteiger partial charge in [-0.15, -0.1) is 0 Å². The van der Waals surface area contributed by atoms with Crippen LogP contribution in [0.3, 0.4) is 0 Å². The van der Waals surface area contributed by atoms with Gasteiger partial charge in [0.2, 0.25) is 0 Å². The second-order valence-corrected chi connectivity index (χ2v) is 6.99. The first-order valence-corrected chi connectivity index (χ1v) is 9.54. The first-order chi connectivity index (χ1) is 13.9. The van der Waals surface area contributed by atoms with Crippen molar-refractivity contribution >= 4 is 22.7 Å². The molecule has 0 aliphatic carbocycles. The maximum atomic E-state index is 14.1. The fourth-order valence-electron chi connectivity index (χ4n) is 3.06. The van der Waals surface area contributed by atoms with Crippen molar-refractivity contribution in [3.8, 4) is 5.75 Å². The van der Waals surface area contributed by atoms with Crippen molar-refractivity contribution in [1.82, 2.24) is 10.6 Å². The van der Waals surface area contributed by atoms with Crippen LogP contribution >= 0.6 is 0 Å². The molecule has 7 heteroatoms. The number of amides is 2. The molecule has 0 saturated carbocycles. The molecule has 3 aromatic rings. The molecular weight excluding hydrogens is 373 g/mol. The zero-order valence-corrected chi connectivity index (χ0v) is 17.1. The van der Waals surface area contributed by atoms with Gasteiger partial charge < -0.3 is 24.7 Å². The molecule has 0 saturated heterocycles. The van der Waals surface area contributed by atoms with E-state index in [1.807, 2.05) is 38.1 Å². The Labute approximate surface area is 169 Å². The highest BCUT2D eigenvalue weighted by Gasteiger charge is 2.16. The molecule has 0 radical (unpaired) electrons. The number of fused-ring (bicyclic) bond motifs is 1. The summed E-state index contributed by atoms with van der Waals surface area (Å²) in [6.45, 7) is 4.51. The number of hydrogen-bond donors (Lipinski definition) is 2. The van der Waals surface area contributed by atoms with Crippen molar-refractivity contribution in [2.75, 3.05) is 25.6 Å². The number of ether oxygens (including phenoxy) is 1. The molecule has 2 N–H and O–H groups in total. The maximum absolute atomic E-state index is 14.1. The number of halogens is 1. The first-order valence-electron chi connectivity index (χ1n) is 9.54. The number of carbonyl (C=O) groups excluding carboxylic acids is 1. The molecule has 3 rings (SSSR count). The van der Waals surface area contributed by atoms with Gasteiger partial charge in [-0.25, -0.2) is 9.18 Å². The Morgan fingerprint density at radius 1 is 1.24 bits per heavy atom. The summed E-state index contributed by atoms with van der Waals surface area (Å²) >= 11 is 0. The summed E-state index contributed by atoms with van der Waals surface area (Å²) in [6.07, 6.45) is 0. The number of hydrogen-bond acceptors (Lipinski definition) is 4. The van der Waals surface area contributed by atoms with Crippen LogP contribution in [0.15, 0.2) is 46.9 Å². The lowest BCUT2D eigenvalue weighted by Gasteiger charge is -2.15. The van der Waals surface area contributed by atoms with E-state index in [9.17, 15) is 9.18 Å². The van der Waals surface area contributed by atoms with Gasteiger partial charge in [0.25, 0.3) is 0 Å². The lowest BCUT2D eigenvalue weighted by atomic mass is 10.2. The topological polar surface area (TPSA) is 66.7 Å². The van der Waals surface area contributed by atoms with E-state index in [-0.39, 0.29) is 24.4 Å². The third kappa shape index (κ3) is 4.80. The number of rotatable bonds is 7. The number of nitrogens with one attached hydrogen (secondary N) is 2. The van der Waals surface area contributed by atoms with Crippen molar-refractivity contribution in [1.29, 1.82) is 0 Å². The van der Waals surface area contributed by atoms with E-state index in [4.69, 9.17) is 9.15 Å². The monoisotopic (exact) mass is 399 g/mol. The minimum absolute atomic E-state index is 0.220. The molecule has 29 heavy (non-hydrogen) atoms. The highest BCUT2D eigenvalue weighted by Crippen LogP contribution is 2.31. The fourth-order valence-corrected chi connectivity index (χ4v) is 3.06. The minimum atomic E-state index is -0.361. The predicted octanol–water partition coefficient (Wildman–Crippen LogP) is 4.60. The van der Waals surface area contributed by atoms with Crippen LogP contribution in [0.5, 0.6) is 5.75 Å². The van der Waals surface area contributed by atoms with Gasteiger partial charge in [0.15, 0.2) is 11.3 Å². The lowest BCUT2D eigenvalue weighted by Crippen LogP contribution is -2.36. The van der Waals surface area contributed by atoms with Crippen molar-refractivity contribution in [3.63, 3.8) is 0 Å². The van der Waals surface area contributed by atoms with E-state index in [1.165, 1.54) is 6.07 Å². The Kier molecular flexibility index (Phi) is 6.26. The minimum Gasteiger partial charge on any atom is -0.490 e. The van der Waals surface area contributed by atoms with E-state index in [0.29, 0.717) is 35.0 Å². The summed E-state index contributed by atoms with van der Waals surface area (Å²) < 4.78 is 25.5. The number of carbonyl (C=O) groups is 1. The highest BCUT2D eigenvalue weighted by molar-refractivity contribution is 5.84. The molecular formula is C22H26FN3O3. The van der Waals surface area contributed by atoms with Gasteiger partial charge in [-0.1, -0.05) is 18.2 Å². The van der Waals surface area contributed by atoms with Gasteiger partial charge in [0.1, 0.15) is 11.6 Å². The average molecular weight is 399 g/mol. The molecule has 0 aliphatic heterocycles. The molecule has 1 heterocycles. The molecule has 2 amide bonds. The van der Waals surface area contributed by atoms with Crippen LogP contribution in [0.2, 0.25) is 0 Å². The normalized spacial score (nSPS) is 11.9. The number of furan rings is 1. The summed E-state index contributed by atoms with van der Waals surface area (Å²) in [4.78, 5) is 14.0. The van der Waals surface area contributed by atoms with E-state index in [2.05, 4.69) is 10.6 Å². The van der Waals surface area contributed by atoms with Crippen molar-refractivity contribution in [2.45, 2.75) is 26.4 Å². The summed E-state index contributed by atoms with van der Waals surface area (Å²) in [5.74, 6) is 0.982. The third-order valence-corrected chi connectivity index (χ3v) is 4.55. The Balaban J connectivity index is 1.61. The summed E-state index contributed by atoms with van der Waals surface area (Å²) in [6, 6.07) is 11.8. The maximum Gasteiger partial charge on any atom is 0.315 e. The van der Waals surface area contributed by atoms with Gasteiger partial charge in [-0.05, 0) is 43.7 Å². The van der Waals surface area contributed by atoms with Gasteiger partial charge in [-0.2, -0.15) is 0 Å². The second-order valence-electron chi connectivity index (χ2n) is 6.99.